The number of hydrogen-bond donors (Lipinski definition) is 1. The van der Waals surface area contributed by atoms with Crippen molar-refractivity contribution in [1.29, 1.82) is 0 Å². The Balaban J connectivity index is 1.71. The minimum absolute atomic E-state index is 0.235. The fraction of sp³-hybridized carbons (Fsp3) is 0.207. The molecule has 1 amide bonds. The van der Waals surface area contributed by atoms with Gasteiger partial charge in [-0.1, -0.05) is 49.7 Å². The lowest BCUT2D eigenvalue weighted by atomic mass is 10.0. The maximum absolute atomic E-state index is 12.7. The largest absolute Gasteiger partial charge is 0.497 e. The van der Waals surface area contributed by atoms with Gasteiger partial charge in [-0.25, -0.2) is 0 Å². The fourth-order valence-corrected chi connectivity index (χ4v) is 4.03. The number of para-hydroxylation sites is 1. The van der Waals surface area contributed by atoms with Gasteiger partial charge in [-0.05, 0) is 60.9 Å². The van der Waals surface area contributed by atoms with Crippen molar-refractivity contribution in [3.8, 4) is 28.4 Å². The van der Waals surface area contributed by atoms with Crippen molar-refractivity contribution in [2.45, 2.75) is 33.6 Å². The molecule has 0 unspecified atom stereocenters. The first kappa shape index (κ1) is 24.7. The van der Waals surface area contributed by atoms with Crippen LogP contribution in [0.3, 0.4) is 0 Å². The van der Waals surface area contributed by atoms with Crippen LogP contribution >= 0.6 is 0 Å². The fourth-order valence-electron chi connectivity index (χ4n) is 4.03. The summed E-state index contributed by atoms with van der Waals surface area (Å²) in [5, 5.41) is 7.76. The molecule has 36 heavy (non-hydrogen) atoms. The third-order valence-corrected chi connectivity index (χ3v) is 5.75. The summed E-state index contributed by atoms with van der Waals surface area (Å²) in [4.78, 5) is 24.8. The molecule has 0 aliphatic carbocycles. The zero-order chi connectivity index (χ0) is 25.7. The smallest absolute Gasteiger partial charge is 0.309 e. The van der Waals surface area contributed by atoms with Gasteiger partial charge in [0.25, 0.3) is 5.91 Å². The van der Waals surface area contributed by atoms with E-state index in [1.54, 1.807) is 36.1 Å². The summed E-state index contributed by atoms with van der Waals surface area (Å²) in [7, 11) is 1.56. The second-order valence-electron chi connectivity index (χ2n) is 8.43. The standard InChI is InChI=1S/C29H29N3O4/c1-5-9-25-27(29(36-20(3)33)32(31-25)26-13-7-6-10-19(26)2)21-14-16-23(17-15-21)30-28(34)22-11-8-12-24(18-22)35-4/h6-8,10-18H,5,9H2,1-4H3,(H,30,34). The Hall–Kier alpha value is -4.39. The van der Waals surface area contributed by atoms with Gasteiger partial charge in [0.2, 0.25) is 5.88 Å². The van der Waals surface area contributed by atoms with E-state index in [2.05, 4.69) is 12.2 Å². The number of hydrogen-bond acceptors (Lipinski definition) is 5. The van der Waals surface area contributed by atoms with Gasteiger partial charge >= 0.3 is 5.97 Å². The molecule has 7 nitrogen and oxygen atoms in total. The Morgan fingerprint density at radius 1 is 1.00 bits per heavy atom. The van der Waals surface area contributed by atoms with E-state index in [4.69, 9.17) is 14.6 Å². The molecule has 4 aromatic rings. The van der Waals surface area contributed by atoms with Gasteiger partial charge < -0.3 is 14.8 Å². The van der Waals surface area contributed by atoms with Crippen LogP contribution in [0, 0.1) is 6.92 Å². The molecule has 1 aromatic heterocycles. The van der Waals surface area contributed by atoms with Crippen LogP contribution in [-0.2, 0) is 11.2 Å². The molecule has 0 aliphatic rings. The molecule has 0 atom stereocenters. The third kappa shape index (κ3) is 5.30. The van der Waals surface area contributed by atoms with Crippen LogP contribution in [0.1, 0.15) is 41.9 Å². The summed E-state index contributed by atoms with van der Waals surface area (Å²) in [6, 6.07) is 22.3. The van der Waals surface area contributed by atoms with Gasteiger partial charge in [0.15, 0.2) is 0 Å². The number of esters is 1. The molecule has 0 fully saturated rings. The van der Waals surface area contributed by atoms with Gasteiger partial charge in [0.05, 0.1) is 24.1 Å². The highest BCUT2D eigenvalue weighted by Crippen LogP contribution is 2.37. The number of methoxy groups -OCH3 is 1. The average Bonchev–Trinajstić information content (AvgIpc) is 3.21. The van der Waals surface area contributed by atoms with Crippen LogP contribution in [0.2, 0.25) is 0 Å². The molecule has 1 N–H and O–H groups in total. The molecule has 0 bridgehead atoms. The van der Waals surface area contributed by atoms with E-state index >= 15 is 0 Å². The number of carbonyl (C=O) groups excluding carboxylic acids is 2. The molecule has 0 radical (unpaired) electrons. The van der Waals surface area contributed by atoms with Gasteiger partial charge in [-0.2, -0.15) is 9.78 Å². The van der Waals surface area contributed by atoms with Crippen LogP contribution in [0.15, 0.2) is 72.8 Å². The molecule has 4 rings (SSSR count). The lowest BCUT2D eigenvalue weighted by Gasteiger charge is -2.12. The zero-order valence-corrected chi connectivity index (χ0v) is 20.9. The zero-order valence-electron chi connectivity index (χ0n) is 20.9. The minimum atomic E-state index is -0.420. The molecular weight excluding hydrogens is 454 g/mol. The van der Waals surface area contributed by atoms with Crippen LogP contribution in [0.4, 0.5) is 5.69 Å². The first-order valence-corrected chi connectivity index (χ1v) is 11.8. The SMILES string of the molecule is CCCc1nn(-c2ccccc2C)c(OC(C)=O)c1-c1ccc(NC(=O)c2cccc(OC)c2)cc1. The number of aromatic nitrogens is 2. The Labute approximate surface area is 210 Å². The summed E-state index contributed by atoms with van der Waals surface area (Å²) >= 11 is 0. The molecular formula is C29H29N3O4. The Bertz CT molecular complexity index is 1390. The average molecular weight is 484 g/mol. The second-order valence-corrected chi connectivity index (χ2v) is 8.43. The Morgan fingerprint density at radius 3 is 2.42 bits per heavy atom. The van der Waals surface area contributed by atoms with Gasteiger partial charge in [-0.3, -0.25) is 9.59 Å². The van der Waals surface area contributed by atoms with Crippen LogP contribution in [-0.4, -0.2) is 28.8 Å². The topological polar surface area (TPSA) is 82.5 Å². The highest BCUT2D eigenvalue weighted by molar-refractivity contribution is 6.04. The van der Waals surface area contributed by atoms with Crippen molar-refractivity contribution in [2.24, 2.45) is 0 Å². The number of benzene rings is 3. The van der Waals surface area contributed by atoms with Gasteiger partial charge in [0, 0.05) is 18.2 Å². The van der Waals surface area contributed by atoms with E-state index in [1.807, 2.05) is 55.5 Å². The van der Waals surface area contributed by atoms with Crippen LogP contribution in [0.25, 0.3) is 16.8 Å². The number of rotatable bonds is 8. The summed E-state index contributed by atoms with van der Waals surface area (Å²) in [5.41, 5.74) is 5.45. The molecule has 1 heterocycles. The molecule has 3 aromatic carbocycles. The minimum Gasteiger partial charge on any atom is -0.497 e. The van der Waals surface area contributed by atoms with Crippen molar-refractivity contribution in [3.63, 3.8) is 0 Å². The maximum atomic E-state index is 12.7. The Kier molecular flexibility index (Phi) is 7.49. The molecule has 0 saturated heterocycles. The summed E-state index contributed by atoms with van der Waals surface area (Å²) in [6.45, 7) is 5.46. The normalized spacial score (nSPS) is 10.7. The molecule has 0 spiro atoms. The van der Waals surface area contributed by atoms with Crippen molar-refractivity contribution >= 4 is 17.6 Å². The Morgan fingerprint density at radius 2 is 1.75 bits per heavy atom. The summed E-state index contributed by atoms with van der Waals surface area (Å²) in [5.74, 6) is 0.344. The van der Waals surface area contributed by atoms with Crippen molar-refractivity contribution in [2.75, 3.05) is 12.4 Å². The van der Waals surface area contributed by atoms with E-state index in [1.165, 1.54) is 6.92 Å². The van der Waals surface area contributed by atoms with E-state index in [0.717, 1.165) is 40.9 Å². The monoisotopic (exact) mass is 483 g/mol. The first-order valence-electron chi connectivity index (χ1n) is 11.8. The van der Waals surface area contributed by atoms with E-state index in [0.29, 0.717) is 22.9 Å². The summed E-state index contributed by atoms with van der Waals surface area (Å²) in [6.07, 6.45) is 1.60. The molecule has 0 aliphatic heterocycles. The van der Waals surface area contributed by atoms with E-state index in [-0.39, 0.29) is 5.91 Å². The first-order chi connectivity index (χ1) is 17.4. The number of ether oxygens (including phenoxy) is 2. The lowest BCUT2D eigenvalue weighted by molar-refractivity contribution is -0.132. The molecule has 7 heteroatoms. The molecule has 184 valence electrons. The maximum Gasteiger partial charge on any atom is 0.309 e. The predicted octanol–water partition coefficient (Wildman–Crippen LogP) is 5.99. The number of nitrogens with one attached hydrogen (secondary N) is 1. The van der Waals surface area contributed by atoms with Crippen molar-refractivity contribution < 1.29 is 19.1 Å². The van der Waals surface area contributed by atoms with Crippen molar-refractivity contribution in [3.05, 3.63) is 89.6 Å². The second kappa shape index (κ2) is 10.9. The number of amides is 1. The number of anilines is 1. The van der Waals surface area contributed by atoms with Gasteiger partial charge in [-0.15, -0.1) is 0 Å². The molecule has 0 saturated carbocycles. The quantitative estimate of drug-likeness (QED) is 0.312. The number of carbonyl (C=O) groups is 2. The number of aryl methyl sites for hydroxylation is 2. The highest BCUT2D eigenvalue weighted by atomic mass is 16.5. The highest BCUT2D eigenvalue weighted by Gasteiger charge is 2.23. The predicted molar refractivity (Wildman–Crippen MR) is 140 cm³/mol. The van der Waals surface area contributed by atoms with Gasteiger partial charge in [0.1, 0.15) is 5.75 Å². The summed E-state index contributed by atoms with van der Waals surface area (Å²) < 4.78 is 12.6. The van der Waals surface area contributed by atoms with Crippen LogP contribution in [0.5, 0.6) is 11.6 Å². The van der Waals surface area contributed by atoms with Crippen LogP contribution < -0.4 is 14.8 Å². The number of nitrogens with zero attached hydrogens (tertiary/aromatic N) is 2. The van der Waals surface area contributed by atoms with E-state index in [9.17, 15) is 9.59 Å². The van der Waals surface area contributed by atoms with E-state index < -0.39 is 5.97 Å². The van der Waals surface area contributed by atoms with Crippen molar-refractivity contribution in [1.82, 2.24) is 9.78 Å². The third-order valence-electron chi connectivity index (χ3n) is 5.75. The lowest BCUT2D eigenvalue weighted by Crippen LogP contribution is -2.11.